The number of aliphatic hydroxyl groups is 1. The molecule has 0 aromatic heterocycles. The highest BCUT2D eigenvalue weighted by atomic mass is 16.5. The average molecular weight is 405 g/mol. The van der Waals surface area contributed by atoms with E-state index in [0.29, 0.717) is 17.1 Å². The Morgan fingerprint density at radius 2 is 1.80 bits per heavy atom. The Kier molecular flexibility index (Phi) is 8.39. The van der Waals surface area contributed by atoms with Crippen LogP contribution in [0.15, 0.2) is 60.7 Å². The standard InChI is InChI=1S/C26H28O4/c1-18(16-27)8-6-9-19(2)23-11-7-10-22(20(23)3)13-12-21-14-25(29-4)24(17-28)26(15-21)30-5/h6-15,17,27H,2,16H2,1,3-5H3/b9-6-,13-12+,18-8+. The number of hydrogen-bond donors (Lipinski definition) is 1. The first-order valence-corrected chi connectivity index (χ1v) is 9.58. The van der Waals surface area contributed by atoms with Crippen LogP contribution in [0.25, 0.3) is 17.7 Å². The minimum Gasteiger partial charge on any atom is -0.496 e. The zero-order valence-electron chi connectivity index (χ0n) is 17.9. The van der Waals surface area contributed by atoms with Crippen LogP contribution in [0.5, 0.6) is 11.5 Å². The predicted octanol–water partition coefficient (Wildman–Crippen LogP) is 5.50. The van der Waals surface area contributed by atoms with Crippen molar-refractivity contribution >= 4 is 24.0 Å². The summed E-state index contributed by atoms with van der Waals surface area (Å²) < 4.78 is 10.6. The van der Waals surface area contributed by atoms with E-state index >= 15 is 0 Å². The maximum absolute atomic E-state index is 11.3. The number of methoxy groups -OCH3 is 2. The molecule has 0 fully saturated rings. The predicted molar refractivity (Wildman–Crippen MR) is 124 cm³/mol. The molecule has 0 saturated heterocycles. The van der Waals surface area contributed by atoms with E-state index < -0.39 is 0 Å². The van der Waals surface area contributed by atoms with Gasteiger partial charge in [-0.15, -0.1) is 0 Å². The second-order valence-corrected chi connectivity index (χ2v) is 6.87. The fraction of sp³-hybridized carbons (Fsp3) is 0.192. The van der Waals surface area contributed by atoms with E-state index in [0.717, 1.165) is 39.7 Å². The van der Waals surface area contributed by atoms with Gasteiger partial charge in [-0.1, -0.05) is 55.2 Å². The molecule has 1 N–H and O–H groups in total. The maximum atomic E-state index is 11.3. The molecular weight excluding hydrogens is 376 g/mol. The zero-order valence-corrected chi connectivity index (χ0v) is 17.9. The number of carbonyl (C=O) groups excluding carboxylic acids is 1. The van der Waals surface area contributed by atoms with Crippen LogP contribution >= 0.6 is 0 Å². The van der Waals surface area contributed by atoms with Gasteiger partial charge in [0.15, 0.2) is 6.29 Å². The molecule has 0 aliphatic rings. The summed E-state index contributed by atoms with van der Waals surface area (Å²) in [4.78, 5) is 11.3. The summed E-state index contributed by atoms with van der Waals surface area (Å²) in [5.41, 5.74) is 6.25. The maximum Gasteiger partial charge on any atom is 0.157 e. The lowest BCUT2D eigenvalue weighted by Crippen LogP contribution is -1.96. The largest absolute Gasteiger partial charge is 0.496 e. The molecule has 0 aliphatic carbocycles. The van der Waals surface area contributed by atoms with Crippen molar-refractivity contribution in [2.24, 2.45) is 0 Å². The van der Waals surface area contributed by atoms with Gasteiger partial charge >= 0.3 is 0 Å². The number of allylic oxidation sites excluding steroid dienone is 4. The number of rotatable bonds is 9. The molecule has 0 aliphatic heterocycles. The molecular formula is C26H28O4. The molecule has 0 unspecified atom stereocenters. The Hall–Kier alpha value is -3.37. The first-order chi connectivity index (χ1) is 14.4. The molecule has 0 radical (unpaired) electrons. The monoisotopic (exact) mass is 404 g/mol. The Labute approximate surface area is 178 Å². The van der Waals surface area contributed by atoms with Crippen molar-refractivity contribution < 1.29 is 19.4 Å². The van der Waals surface area contributed by atoms with E-state index in [4.69, 9.17) is 14.6 Å². The highest BCUT2D eigenvalue weighted by molar-refractivity contribution is 5.86. The first kappa shape index (κ1) is 22.9. The van der Waals surface area contributed by atoms with Crippen LogP contribution in [-0.4, -0.2) is 32.2 Å². The van der Waals surface area contributed by atoms with Crippen LogP contribution in [-0.2, 0) is 0 Å². The van der Waals surface area contributed by atoms with Crippen LogP contribution in [0, 0.1) is 6.92 Å². The number of benzene rings is 2. The highest BCUT2D eigenvalue weighted by Gasteiger charge is 2.11. The topological polar surface area (TPSA) is 55.8 Å². The van der Waals surface area contributed by atoms with E-state index in [9.17, 15) is 4.79 Å². The smallest absolute Gasteiger partial charge is 0.157 e. The van der Waals surface area contributed by atoms with E-state index in [1.807, 2.05) is 55.5 Å². The van der Waals surface area contributed by atoms with Gasteiger partial charge in [0.25, 0.3) is 0 Å². The molecule has 2 aromatic carbocycles. The molecule has 4 heteroatoms. The number of hydrogen-bond acceptors (Lipinski definition) is 4. The van der Waals surface area contributed by atoms with Crippen LogP contribution in [0.3, 0.4) is 0 Å². The molecule has 30 heavy (non-hydrogen) atoms. The second kappa shape index (κ2) is 11.0. The quantitative estimate of drug-likeness (QED) is 0.340. The highest BCUT2D eigenvalue weighted by Crippen LogP contribution is 2.30. The number of carbonyl (C=O) groups is 1. The van der Waals surface area contributed by atoms with Crippen molar-refractivity contribution in [3.8, 4) is 11.5 Å². The average Bonchev–Trinajstić information content (AvgIpc) is 2.77. The SMILES string of the molecule is C=C(/C=C\C=C(/C)CO)c1cccc(/C=C/c2cc(OC)c(C=O)c(OC)c2)c1C. The Morgan fingerprint density at radius 1 is 1.13 bits per heavy atom. The third-order valence-electron chi connectivity index (χ3n) is 4.79. The lowest BCUT2D eigenvalue weighted by atomic mass is 9.96. The van der Waals surface area contributed by atoms with Gasteiger partial charge in [-0.25, -0.2) is 0 Å². The fourth-order valence-corrected chi connectivity index (χ4v) is 3.01. The van der Waals surface area contributed by atoms with Crippen LogP contribution in [0.1, 0.15) is 39.5 Å². The van der Waals surface area contributed by atoms with E-state index in [1.165, 1.54) is 14.2 Å². The first-order valence-electron chi connectivity index (χ1n) is 9.58. The summed E-state index contributed by atoms with van der Waals surface area (Å²) >= 11 is 0. The lowest BCUT2D eigenvalue weighted by Gasteiger charge is -2.11. The molecule has 4 nitrogen and oxygen atoms in total. The van der Waals surface area contributed by atoms with Crippen LogP contribution in [0.2, 0.25) is 0 Å². The van der Waals surface area contributed by atoms with Crippen molar-refractivity contribution in [2.45, 2.75) is 13.8 Å². The summed E-state index contributed by atoms with van der Waals surface area (Å²) in [5.74, 6) is 0.943. The lowest BCUT2D eigenvalue weighted by molar-refractivity contribution is 0.111. The van der Waals surface area contributed by atoms with Gasteiger partial charge in [-0.3, -0.25) is 4.79 Å². The summed E-state index contributed by atoms with van der Waals surface area (Å²) in [5, 5.41) is 9.08. The van der Waals surface area contributed by atoms with Gasteiger partial charge in [-0.05, 0) is 59.4 Å². The van der Waals surface area contributed by atoms with Gasteiger partial charge in [0.05, 0.1) is 26.4 Å². The van der Waals surface area contributed by atoms with Gasteiger partial charge in [-0.2, -0.15) is 0 Å². The number of ether oxygens (including phenoxy) is 2. The van der Waals surface area contributed by atoms with Gasteiger partial charge in [0.1, 0.15) is 11.5 Å². The molecule has 0 heterocycles. The van der Waals surface area contributed by atoms with Gasteiger partial charge in [0, 0.05) is 0 Å². The molecule has 0 bridgehead atoms. The van der Waals surface area contributed by atoms with Crippen molar-refractivity contribution in [3.05, 3.63) is 88.5 Å². The minimum atomic E-state index is 0.0412. The van der Waals surface area contributed by atoms with Gasteiger partial charge in [0.2, 0.25) is 0 Å². The summed E-state index contributed by atoms with van der Waals surface area (Å²) in [6, 6.07) is 9.68. The fourth-order valence-electron chi connectivity index (χ4n) is 3.01. The van der Waals surface area contributed by atoms with E-state index in [-0.39, 0.29) is 6.61 Å². The summed E-state index contributed by atoms with van der Waals surface area (Å²) in [6.45, 7) is 8.13. The molecule has 0 atom stereocenters. The molecule has 0 saturated carbocycles. The van der Waals surface area contributed by atoms with Gasteiger partial charge < -0.3 is 14.6 Å². The van der Waals surface area contributed by atoms with Crippen LogP contribution in [0.4, 0.5) is 0 Å². The van der Waals surface area contributed by atoms with Crippen molar-refractivity contribution in [1.82, 2.24) is 0 Å². The van der Waals surface area contributed by atoms with Crippen molar-refractivity contribution in [3.63, 3.8) is 0 Å². The number of aliphatic hydroxyl groups excluding tert-OH is 1. The second-order valence-electron chi connectivity index (χ2n) is 6.87. The Balaban J connectivity index is 2.34. The minimum absolute atomic E-state index is 0.0412. The normalized spacial score (nSPS) is 11.8. The van der Waals surface area contributed by atoms with Crippen molar-refractivity contribution in [1.29, 1.82) is 0 Å². The summed E-state index contributed by atoms with van der Waals surface area (Å²) in [6.07, 6.45) is 10.4. The zero-order chi connectivity index (χ0) is 22.1. The van der Waals surface area contributed by atoms with E-state index in [2.05, 4.69) is 13.5 Å². The Morgan fingerprint density at radius 3 is 2.37 bits per heavy atom. The molecule has 2 rings (SSSR count). The Bertz CT molecular complexity index is 985. The number of aldehydes is 1. The molecule has 2 aromatic rings. The third-order valence-corrected chi connectivity index (χ3v) is 4.79. The molecule has 0 amide bonds. The molecule has 156 valence electrons. The molecule has 0 spiro atoms. The van der Waals surface area contributed by atoms with Crippen LogP contribution < -0.4 is 9.47 Å². The van der Waals surface area contributed by atoms with Crippen molar-refractivity contribution in [2.75, 3.05) is 20.8 Å². The third kappa shape index (κ3) is 5.58. The van der Waals surface area contributed by atoms with E-state index in [1.54, 1.807) is 12.1 Å². The summed E-state index contributed by atoms with van der Waals surface area (Å²) in [7, 11) is 3.05.